The van der Waals surface area contributed by atoms with E-state index in [9.17, 15) is 0 Å². The Hall–Kier alpha value is 0.230. The SMILES string of the molecule is CN(C1CCOC2(CCSCC2)C1)C1CCCC1CN. The van der Waals surface area contributed by atoms with Gasteiger partial charge >= 0.3 is 0 Å². The summed E-state index contributed by atoms with van der Waals surface area (Å²) in [5.41, 5.74) is 6.18. The second-order valence-corrected chi connectivity index (χ2v) is 8.17. The molecule has 1 saturated carbocycles. The number of nitrogens with zero attached hydrogens (tertiary/aromatic N) is 1. The van der Waals surface area contributed by atoms with Crippen molar-refractivity contribution in [3.63, 3.8) is 0 Å². The molecule has 1 aliphatic carbocycles. The topological polar surface area (TPSA) is 38.5 Å². The molecule has 0 aromatic carbocycles. The van der Waals surface area contributed by atoms with E-state index in [2.05, 4.69) is 23.7 Å². The average Bonchev–Trinajstić information content (AvgIpc) is 2.96. The van der Waals surface area contributed by atoms with Crippen LogP contribution in [-0.4, -0.2) is 54.3 Å². The second-order valence-electron chi connectivity index (χ2n) is 6.95. The number of hydrogen-bond donors (Lipinski definition) is 1. The summed E-state index contributed by atoms with van der Waals surface area (Å²) in [6.07, 6.45) is 9.01. The number of nitrogens with two attached hydrogens (primary N) is 1. The second kappa shape index (κ2) is 6.55. The van der Waals surface area contributed by atoms with E-state index in [-0.39, 0.29) is 5.60 Å². The minimum absolute atomic E-state index is 0.208. The summed E-state index contributed by atoms with van der Waals surface area (Å²) in [6, 6.07) is 1.43. The zero-order chi connectivity index (χ0) is 14.0. The van der Waals surface area contributed by atoms with Gasteiger partial charge in [0.2, 0.25) is 0 Å². The zero-order valence-corrected chi connectivity index (χ0v) is 13.7. The lowest BCUT2D eigenvalue weighted by atomic mass is 9.84. The van der Waals surface area contributed by atoms with Crippen molar-refractivity contribution in [3.8, 4) is 0 Å². The van der Waals surface area contributed by atoms with Crippen molar-refractivity contribution in [1.82, 2.24) is 4.90 Å². The predicted molar refractivity (Wildman–Crippen MR) is 86.2 cm³/mol. The maximum Gasteiger partial charge on any atom is 0.0713 e. The molecule has 0 aromatic heterocycles. The summed E-state index contributed by atoms with van der Waals surface area (Å²) < 4.78 is 6.24. The van der Waals surface area contributed by atoms with Crippen molar-refractivity contribution in [3.05, 3.63) is 0 Å². The van der Waals surface area contributed by atoms with Gasteiger partial charge in [0.05, 0.1) is 5.60 Å². The van der Waals surface area contributed by atoms with Crippen molar-refractivity contribution in [2.75, 3.05) is 31.7 Å². The van der Waals surface area contributed by atoms with E-state index in [4.69, 9.17) is 10.5 Å². The number of thioether (sulfide) groups is 1. The Balaban J connectivity index is 1.64. The van der Waals surface area contributed by atoms with E-state index in [0.29, 0.717) is 6.04 Å². The van der Waals surface area contributed by atoms with Gasteiger partial charge in [-0.25, -0.2) is 0 Å². The summed E-state index contributed by atoms with van der Waals surface area (Å²) in [4.78, 5) is 2.68. The van der Waals surface area contributed by atoms with Crippen molar-refractivity contribution in [2.45, 2.75) is 62.6 Å². The Morgan fingerprint density at radius 3 is 2.80 bits per heavy atom. The third-order valence-corrected chi connectivity index (χ3v) is 6.88. The first-order valence-electron chi connectivity index (χ1n) is 8.38. The normalized spacial score (nSPS) is 37.6. The van der Waals surface area contributed by atoms with Crippen LogP contribution in [0, 0.1) is 5.92 Å². The van der Waals surface area contributed by atoms with Crippen molar-refractivity contribution >= 4 is 11.8 Å². The van der Waals surface area contributed by atoms with E-state index in [0.717, 1.165) is 25.1 Å². The number of hydrogen-bond acceptors (Lipinski definition) is 4. The molecule has 20 heavy (non-hydrogen) atoms. The molecule has 0 bridgehead atoms. The molecule has 0 radical (unpaired) electrons. The Morgan fingerprint density at radius 2 is 2.05 bits per heavy atom. The molecule has 0 aromatic rings. The molecule has 3 nitrogen and oxygen atoms in total. The predicted octanol–water partition coefficient (Wildman–Crippen LogP) is 2.49. The molecule has 4 heteroatoms. The van der Waals surface area contributed by atoms with Gasteiger partial charge in [0.1, 0.15) is 0 Å². The summed E-state index contributed by atoms with van der Waals surface area (Å²) in [6.45, 7) is 1.82. The number of rotatable bonds is 3. The summed E-state index contributed by atoms with van der Waals surface area (Å²) in [5.74, 6) is 3.29. The minimum Gasteiger partial charge on any atom is -0.375 e. The van der Waals surface area contributed by atoms with Crippen LogP contribution >= 0.6 is 11.8 Å². The molecule has 2 heterocycles. The lowest BCUT2D eigenvalue weighted by Crippen LogP contribution is -2.52. The first-order valence-corrected chi connectivity index (χ1v) is 9.53. The van der Waals surface area contributed by atoms with Crippen LogP contribution in [0.4, 0.5) is 0 Å². The molecule has 2 aliphatic heterocycles. The van der Waals surface area contributed by atoms with Gasteiger partial charge in [0.25, 0.3) is 0 Å². The van der Waals surface area contributed by atoms with Crippen LogP contribution in [0.3, 0.4) is 0 Å². The van der Waals surface area contributed by atoms with E-state index >= 15 is 0 Å². The van der Waals surface area contributed by atoms with Crippen LogP contribution in [0.25, 0.3) is 0 Å². The van der Waals surface area contributed by atoms with E-state index in [1.54, 1.807) is 0 Å². The maximum absolute atomic E-state index is 6.24. The highest BCUT2D eigenvalue weighted by molar-refractivity contribution is 7.99. The van der Waals surface area contributed by atoms with Crippen LogP contribution in [0.2, 0.25) is 0 Å². The lowest BCUT2D eigenvalue weighted by Gasteiger charge is -2.47. The molecular formula is C16H30N2OS. The van der Waals surface area contributed by atoms with Crippen LogP contribution in [0.5, 0.6) is 0 Å². The summed E-state index contributed by atoms with van der Waals surface area (Å²) in [7, 11) is 2.35. The zero-order valence-electron chi connectivity index (χ0n) is 12.9. The molecular weight excluding hydrogens is 268 g/mol. The van der Waals surface area contributed by atoms with Gasteiger partial charge in [-0.2, -0.15) is 11.8 Å². The standard InChI is InChI=1S/C16H30N2OS/c1-18(15-4-2-3-13(15)12-17)14-5-8-19-16(11-14)6-9-20-10-7-16/h13-15H,2-12,17H2,1H3. The Labute approximate surface area is 128 Å². The van der Waals surface area contributed by atoms with Crippen LogP contribution in [0.1, 0.15) is 44.9 Å². The first-order chi connectivity index (χ1) is 9.74. The number of ether oxygens (including phenoxy) is 1. The van der Waals surface area contributed by atoms with Crippen LogP contribution in [-0.2, 0) is 4.74 Å². The molecule has 2 N–H and O–H groups in total. The fourth-order valence-electron chi connectivity index (χ4n) is 4.54. The quantitative estimate of drug-likeness (QED) is 0.869. The van der Waals surface area contributed by atoms with Crippen LogP contribution in [0.15, 0.2) is 0 Å². The molecule has 2 saturated heterocycles. The summed E-state index contributed by atoms with van der Waals surface area (Å²) in [5, 5.41) is 0. The first kappa shape index (κ1) is 15.1. The van der Waals surface area contributed by atoms with Crippen molar-refractivity contribution < 1.29 is 4.74 Å². The van der Waals surface area contributed by atoms with E-state index < -0.39 is 0 Å². The molecule has 3 atom stereocenters. The largest absolute Gasteiger partial charge is 0.375 e. The van der Waals surface area contributed by atoms with Gasteiger partial charge in [-0.1, -0.05) is 6.42 Å². The minimum atomic E-state index is 0.208. The average molecular weight is 298 g/mol. The molecule has 1 spiro atoms. The maximum atomic E-state index is 6.24. The van der Waals surface area contributed by atoms with E-state index in [1.165, 1.54) is 56.5 Å². The smallest absolute Gasteiger partial charge is 0.0713 e. The molecule has 3 unspecified atom stereocenters. The monoisotopic (exact) mass is 298 g/mol. The summed E-state index contributed by atoms with van der Waals surface area (Å²) >= 11 is 2.09. The lowest BCUT2D eigenvalue weighted by molar-refractivity contribution is -0.113. The van der Waals surface area contributed by atoms with Gasteiger partial charge in [-0.15, -0.1) is 0 Å². The van der Waals surface area contributed by atoms with Gasteiger partial charge in [-0.05, 0) is 69.5 Å². The fourth-order valence-corrected chi connectivity index (χ4v) is 5.78. The molecule has 3 rings (SSSR count). The highest BCUT2D eigenvalue weighted by Crippen LogP contribution is 2.40. The van der Waals surface area contributed by atoms with Gasteiger partial charge in [0.15, 0.2) is 0 Å². The molecule has 0 amide bonds. The molecule has 116 valence electrons. The van der Waals surface area contributed by atoms with Crippen molar-refractivity contribution in [2.24, 2.45) is 11.7 Å². The molecule has 3 fully saturated rings. The Kier molecular flexibility index (Phi) is 4.96. The van der Waals surface area contributed by atoms with Crippen LogP contribution < -0.4 is 5.73 Å². The van der Waals surface area contributed by atoms with Crippen molar-refractivity contribution in [1.29, 1.82) is 0 Å². The van der Waals surface area contributed by atoms with Gasteiger partial charge in [-0.3, -0.25) is 4.90 Å². The Bertz CT molecular complexity index is 314. The fraction of sp³-hybridized carbons (Fsp3) is 1.00. The highest BCUT2D eigenvalue weighted by Gasteiger charge is 2.42. The van der Waals surface area contributed by atoms with E-state index in [1.807, 2.05) is 0 Å². The van der Waals surface area contributed by atoms with Gasteiger partial charge in [0, 0.05) is 18.7 Å². The Morgan fingerprint density at radius 1 is 1.25 bits per heavy atom. The highest BCUT2D eigenvalue weighted by atomic mass is 32.2. The van der Waals surface area contributed by atoms with Gasteiger partial charge < -0.3 is 10.5 Å². The third kappa shape index (κ3) is 3.03. The molecule has 3 aliphatic rings. The third-order valence-electron chi connectivity index (χ3n) is 5.89.